The molecule has 0 saturated heterocycles. The second-order valence-electron chi connectivity index (χ2n) is 9.60. The molecule has 2 rings (SSSR count). The topological polar surface area (TPSA) is 44.8 Å². The molecule has 192 valence electrons. The molecular formula is C31H44O4. The number of unbranched alkanes of at least 4 members (excludes halogenated alkanes) is 5. The van der Waals surface area contributed by atoms with Crippen molar-refractivity contribution >= 4 is 5.97 Å². The van der Waals surface area contributed by atoms with Crippen LogP contribution in [0.2, 0.25) is 0 Å². The maximum atomic E-state index is 12.5. The van der Waals surface area contributed by atoms with Crippen molar-refractivity contribution in [3.05, 3.63) is 65.7 Å². The van der Waals surface area contributed by atoms with Gasteiger partial charge < -0.3 is 14.2 Å². The summed E-state index contributed by atoms with van der Waals surface area (Å²) in [7, 11) is 0. The van der Waals surface area contributed by atoms with Gasteiger partial charge in [-0.1, -0.05) is 57.6 Å². The van der Waals surface area contributed by atoms with Gasteiger partial charge in [-0.2, -0.15) is 0 Å². The first-order valence-corrected chi connectivity index (χ1v) is 13.3. The zero-order valence-corrected chi connectivity index (χ0v) is 22.2. The van der Waals surface area contributed by atoms with E-state index in [2.05, 4.69) is 33.8 Å². The Balaban J connectivity index is 1.68. The molecule has 0 bridgehead atoms. The van der Waals surface area contributed by atoms with Crippen LogP contribution in [0.3, 0.4) is 0 Å². The van der Waals surface area contributed by atoms with Crippen molar-refractivity contribution in [3.63, 3.8) is 0 Å². The summed E-state index contributed by atoms with van der Waals surface area (Å²) in [5.41, 5.74) is 1.87. The monoisotopic (exact) mass is 480 g/mol. The van der Waals surface area contributed by atoms with Gasteiger partial charge in [0.1, 0.15) is 17.2 Å². The van der Waals surface area contributed by atoms with Crippen molar-refractivity contribution < 1.29 is 19.0 Å². The van der Waals surface area contributed by atoms with Crippen molar-refractivity contribution in [2.45, 2.75) is 85.5 Å². The van der Waals surface area contributed by atoms with E-state index in [1.165, 1.54) is 44.1 Å². The fourth-order valence-electron chi connectivity index (χ4n) is 3.71. The summed E-state index contributed by atoms with van der Waals surface area (Å²) in [4.78, 5) is 12.5. The molecular weight excluding hydrogens is 436 g/mol. The van der Waals surface area contributed by atoms with Gasteiger partial charge in [0.2, 0.25) is 0 Å². The molecule has 0 radical (unpaired) electrons. The minimum absolute atomic E-state index is 0.384. The molecule has 0 fully saturated rings. The van der Waals surface area contributed by atoms with Crippen LogP contribution >= 0.6 is 0 Å². The SMILES string of the molecule is CCCCCCCCOc1ccc(OC(=O)c2ccc(OCC[C@@H](C)CCC=C(C)C)cc2)cc1. The molecule has 35 heavy (non-hydrogen) atoms. The summed E-state index contributed by atoms with van der Waals surface area (Å²) in [5, 5.41) is 0. The maximum absolute atomic E-state index is 12.5. The van der Waals surface area contributed by atoms with Crippen molar-refractivity contribution in [1.82, 2.24) is 0 Å². The lowest BCUT2D eigenvalue weighted by molar-refractivity contribution is 0.0734. The first kappa shape index (κ1) is 28.5. The number of ether oxygens (including phenoxy) is 3. The fraction of sp³-hybridized carbons (Fsp3) is 0.516. The quantitative estimate of drug-likeness (QED) is 0.0982. The normalized spacial score (nSPS) is 11.5. The van der Waals surface area contributed by atoms with E-state index in [1.807, 2.05) is 24.3 Å². The Kier molecular flexibility index (Phi) is 13.7. The summed E-state index contributed by atoms with van der Waals surface area (Å²) in [6.07, 6.45) is 13.0. The molecule has 0 saturated carbocycles. The number of carbonyl (C=O) groups excluding carboxylic acids is 1. The van der Waals surface area contributed by atoms with Crippen molar-refractivity contribution in [3.8, 4) is 17.2 Å². The van der Waals surface area contributed by atoms with Crippen molar-refractivity contribution in [2.75, 3.05) is 13.2 Å². The lowest BCUT2D eigenvalue weighted by Gasteiger charge is -2.12. The van der Waals surface area contributed by atoms with E-state index in [4.69, 9.17) is 14.2 Å². The van der Waals surface area contributed by atoms with E-state index in [9.17, 15) is 4.79 Å². The summed E-state index contributed by atoms with van der Waals surface area (Å²) >= 11 is 0. The number of hydrogen-bond acceptors (Lipinski definition) is 4. The number of benzene rings is 2. The Labute approximate surface area is 212 Å². The Morgan fingerprint density at radius 1 is 0.771 bits per heavy atom. The highest BCUT2D eigenvalue weighted by Gasteiger charge is 2.09. The van der Waals surface area contributed by atoms with Gasteiger partial charge in [0.05, 0.1) is 18.8 Å². The molecule has 1 atom stereocenters. The van der Waals surface area contributed by atoms with Crippen LogP contribution in [0.1, 0.15) is 95.8 Å². The van der Waals surface area contributed by atoms with Crippen molar-refractivity contribution in [2.24, 2.45) is 5.92 Å². The Morgan fingerprint density at radius 3 is 2.00 bits per heavy atom. The Morgan fingerprint density at radius 2 is 1.34 bits per heavy atom. The second-order valence-corrected chi connectivity index (χ2v) is 9.60. The zero-order chi connectivity index (χ0) is 25.3. The average molecular weight is 481 g/mol. The van der Waals surface area contributed by atoms with Crippen LogP contribution in [0.4, 0.5) is 0 Å². The van der Waals surface area contributed by atoms with Crippen LogP contribution in [0.15, 0.2) is 60.2 Å². The van der Waals surface area contributed by atoms with Gasteiger partial charge in [0, 0.05) is 0 Å². The summed E-state index contributed by atoms with van der Waals surface area (Å²) in [6, 6.07) is 14.4. The van der Waals surface area contributed by atoms with Gasteiger partial charge in [0.25, 0.3) is 0 Å². The van der Waals surface area contributed by atoms with E-state index < -0.39 is 0 Å². The number of hydrogen-bond donors (Lipinski definition) is 0. The Bertz CT molecular complexity index is 864. The molecule has 4 heteroatoms. The fourth-order valence-corrected chi connectivity index (χ4v) is 3.71. The number of esters is 1. The molecule has 0 spiro atoms. The van der Waals surface area contributed by atoms with Crippen LogP contribution in [0, 0.1) is 5.92 Å². The molecule has 0 N–H and O–H groups in total. The summed E-state index contributed by atoms with van der Waals surface area (Å²) in [5.74, 6) is 2.30. The number of carbonyl (C=O) groups is 1. The minimum atomic E-state index is -0.384. The summed E-state index contributed by atoms with van der Waals surface area (Å²) < 4.78 is 17.1. The van der Waals surface area contributed by atoms with Crippen LogP contribution in [0.5, 0.6) is 17.2 Å². The van der Waals surface area contributed by atoms with Crippen LogP contribution < -0.4 is 14.2 Å². The molecule has 0 aliphatic carbocycles. The van der Waals surface area contributed by atoms with E-state index in [1.54, 1.807) is 24.3 Å². The third-order valence-electron chi connectivity index (χ3n) is 5.98. The van der Waals surface area contributed by atoms with Gasteiger partial charge in [0.15, 0.2) is 0 Å². The predicted molar refractivity (Wildman–Crippen MR) is 145 cm³/mol. The van der Waals surface area contributed by atoms with Crippen LogP contribution in [0.25, 0.3) is 0 Å². The third kappa shape index (κ3) is 12.5. The molecule has 0 aliphatic heterocycles. The summed E-state index contributed by atoms with van der Waals surface area (Å²) in [6.45, 7) is 10.1. The van der Waals surface area contributed by atoms with Crippen LogP contribution in [-0.2, 0) is 0 Å². The van der Waals surface area contributed by atoms with E-state index in [0.29, 0.717) is 30.4 Å². The molecule has 0 amide bonds. The molecule has 0 aromatic heterocycles. The lowest BCUT2D eigenvalue weighted by Crippen LogP contribution is -2.09. The zero-order valence-electron chi connectivity index (χ0n) is 22.2. The van der Waals surface area contributed by atoms with Crippen LogP contribution in [-0.4, -0.2) is 19.2 Å². The largest absolute Gasteiger partial charge is 0.494 e. The highest BCUT2D eigenvalue weighted by molar-refractivity contribution is 5.91. The molecule has 0 heterocycles. The van der Waals surface area contributed by atoms with Gasteiger partial charge in [-0.25, -0.2) is 4.79 Å². The van der Waals surface area contributed by atoms with E-state index in [0.717, 1.165) is 30.8 Å². The minimum Gasteiger partial charge on any atom is -0.494 e. The first-order valence-electron chi connectivity index (χ1n) is 13.3. The standard InChI is InChI=1S/C31H44O4/c1-5-6-7-8-9-10-23-33-29-18-20-30(21-19-29)35-31(32)27-14-16-28(17-15-27)34-24-22-26(4)13-11-12-25(2)3/h12,14-21,26H,5-11,13,22-24H2,1-4H3/t26-/m0/s1. The highest BCUT2D eigenvalue weighted by atomic mass is 16.5. The molecule has 0 aliphatic rings. The maximum Gasteiger partial charge on any atom is 0.343 e. The molecule has 4 nitrogen and oxygen atoms in total. The third-order valence-corrected chi connectivity index (χ3v) is 5.98. The predicted octanol–water partition coefficient (Wildman–Crippen LogP) is 8.80. The smallest absolute Gasteiger partial charge is 0.343 e. The van der Waals surface area contributed by atoms with E-state index >= 15 is 0 Å². The number of rotatable bonds is 17. The molecule has 2 aromatic carbocycles. The second kappa shape index (κ2) is 16.8. The van der Waals surface area contributed by atoms with Gasteiger partial charge in [-0.15, -0.1) is 0 Å². The lowest BCUT2D eigenvalue weighted by atomic mass is 10.0. The first-order chi connectivity index (χ1) is 17.0. The van der Waals surface area contributed by atoms with E-state index in [-0.39, 0.29) is 5.97 Å². The number of allylic oxidation sites excluding steroid dienone is 2. The molecule has 2 aromatic rings. The molecule has 0 unspecified atom stereocenters. The Hall–Kier alpha value is -2.75. The highest BCUT2D eigenvalue weighted by Crippen LogP contribution is 2.21. The van der Waals surface area contributed by atoms with Gasteiger partial charge >= 0.3 is 5.97 Å². The van der Waals surface area contributed by atoms with Gasteiger partial charge in [-0.3, -0.25) is 0 Å². The average Bonchev–Trinajstić information content (AvgIpc) is 2.84. The van der Waals surface area contributed by atoms with Crippen molar-refractivity contribution in [1.29, 1.82) is 0 Å². The van der Waals surface area contributed by atoms with Gasteiger partial charge in [-0.05, 0) is 94.0 Å².